The number of ether oxygens (including phenoxy) is 1. The Hall–Kier alpha value is -3.65. The monoisotopic (exact) mass is 422 g/mol. The SMILES string of the molecule is Cc1cc2c(OCCc3cccs3)cc(C(=O)Nc3ccc(C(=O)O)cn3)cc2o1. The molecular weight excluding hydrogens is 404 g/mol. The van der Waals surface area contributed by atoms with E-state index >= 15 is 0 Å². The van der Waals surface area contributed by atoms with E-state index in [9.17, 15) is 9.59 Å². The molecule has 1 aromatic carbocycles. The minimum absolute atomic E-state index is 0.0434. The summed E-state index contributed by atoms with van der Waals surface area (Å²) in [7, 11) is 0. The smallest absolute Gasteiger partial charge is 0.337 e. The van der Waals surface area contributed by atoms with Gasteiger partial charge in [-0.25, -0.2) is 9.78 Å². The number of hydrogen-bond acceptors (Lipinski definition) is 6. The van der Waals surface area contributed by atoms with Crippen molar-refractivity contribution in [2.75, 3.05) is 11.9 Å². The van der Waals surface area contributed by atoms with Crippen molar-refractivity contribution in [3.8, 4) is 5.75 Å². The molecule has 0 unspecified atom stereocenters. The van der Waals surface area contributed by atoms with Gasteiger partial charge in [-0.15, -0.1) is 11.3 Å². The molecule has 4 rings (SSSR count). The number of nitrogens with zero attached hydrogens (tertiary/aromatic N) is 1. The molecule has 1 amide bonds. The Morgan fingerprint density at radius 1 is 1.20 bits per heavy atom. The van der Waals surface area contributed by atoms with E-state index in [0.29, 0.717) is 23.5 Å². The Bertz CT molecular complexity index is 1200. The lowest BCUT2D eigenvalue weighted by Crippen LogP contribution is -2.13. The quantitative estimate of drug-likeness (QED) is 0.445. The van der Waals surface area contributed by atoms with E-state index in [2.05, 4.69) is 16.4 Å². The van der Waals surface area contributed by atoms with Gasteiger partial charge in [0.1, 0.15) is 22.9 Å². The molecule has 152 valence electrons. The molecule has 0 bridgehead atoms. The molecular formula is C22H18N2O5S. The first kappa shape index (κ1) is 19.7. The first-order valence-corrected chi connectivity index (χ1v) is 10.1. The maximum atomic E-state index is 12.7. The molecule has 3 aromatic heterocycles. The summed E-state index contributed by atoms with van der Waals surface area (Å²) in [6, 6.07) is 12.1. The molecule has 0 aliphatic carbocycles. The fourth-order valence-electron chi connectivity index (χ4n) is 2.98. The molecule has 4 aromatic rings. The van der Waals surface area contributed by atoms with Crippen LogP contribution in [0.25, 0.3) is 11.0 Å². The third kappa shape index (κ3) is 4.33. The Morgan fingerprint density at radius 2 is 2.07 bits per heavy atom. The third-order valence-corrected chi connectivity index (χ3v) is 5.36. The van der Waals surface area contributed by atoms with Crippen molar-refractivity contribution < 1.29 is 23.8 Å². The van der Waals surface area contributed by atoms with E-state index in [0.717, 1.165) is 17.6 Å². The van der Waals surface area contributed by atoms with Crippen LogP contribution in [0.1, 0.15) is 31.4 Å². The van der Waals surface area contributed by atoms with Crippen LogP contribution in [0.2, 0.25) is 0 Å². The van der Waals surface area contributed by atoms with Gasteiger partial charge in [0, 0.05) is 23.1 Å². The van der Waals surface area contributed by atoms with Crippen LogP contribution < -0.4 is 10.1 Å². The normalized spacial score (nSPS) is 10.8. The minimum atomic E-state index is -1.08. The second-order valence-electron chi connectivity index (χ2n) is 6.61. The maximum Gasteiger partial charge on any atom is 0.337 e. The molecule has 8 heteroatoms. The number of carboxylic acid groups (broad SMARTS) is 1. The van der Waals surface area contributed by atoms with Crippen LogP contribution in [0.5, 0.6) is 5.75 Å². The topological polar surface area (TPSA) is 102 Å². The summed E-state index contributed by atoms with van der Waals surface area (Å²) in [6.45, 7) is 2.31. The first-order chi connectivity index (χ1) is 14.5. The van der Waals surface area contributed by atoms with E-state index in [1.165, 1.54) is 23.2 Å². The van der Waals surface area contributed by atoms with Crippen LogP contribution in [-0.4, -0.2) is 28.6 Å². The lowest BCUT2D eigenvalue weighted by atomic mass is 10.1. The maximum absolute atomic E-state index is 12.7. The number of thiophene rings is 1. The Balaban J connectivity index is 1.55. The fourth-order valence-corrected chi connectivity index (χ4v) is 3.67. The average Bonchev–Trinajstić information content (AvgIpc) is 3.37. The van der Waals surface area contributed by atoms with E-state index in [1.54, 1.807) is 23.5 Å². The number of carbonyl (C=O) groups excluding carboxylic acids is 1. The number of hydrogen-bond donors (Lipinski definition) is 2. The second kappa shape index (κ2) is 8.38. The molecule has 0 saturated heterocycles. The van der Waals surface area contributed by atoms with Crippen molar-refractivity contribution in [1.29, 1.82) is 0 Å². The predicted molar refractivity (Wildman–Crippen MR) is 114 cm³/mol. The lowest BCUT2D eigenvalue weighted by Gasteiger charge is -2.10. The Labute approximate surface area is 175 Å². The van der Waals surface area contributed by atoms with Crippen LogP contribution >= 0.6 is 11.3 Å². The average molecular weight is 422 g/mol. The molecule has 30 heavy (non-hydrogen) atoms. The molecule has 0 aliphatic heterocycles. The van der Waals surface area contributed by atoms with E-state index in [-0.39, 0.29) is 11.4 Å². The molecule has 7 nitrogen and oxygen atoms in total. The first-order valence-electron chi connectivity index (χ1n) is 9.19. The van der Waals surface area contributed by atoms with Crippen molar-refractivity contribution in [1.82, 2.24) is 4.98 Å². The number of pyridine rings is 1. The third-order valence-electron chi connectivity index (χ3n) is 4.42. The summed E-state index contributed by atoms with van der Waals surface area (Å²) in [4.78, 5) is 28.9. The molecule has 0 spiro atoms. The number of furan rings is 1. The highest BCUT2D eigenvalue weighted by molar-refractivity contribution is 7.09. The number of anilines is 1. The van der Waals surface area contributed by atoms with Crippen LogP contribution in [0, 0.1) is 6.92 Å². The van der Waals surface area contributed by atoms with E-state index in [1.807, 2.05) is 24.4 Å². The number of aromatic carboxylic acids is 1. The lowest BCUT2D eigenvalue weighted by molar-refractivity contribution is 0.0696. The fraction of sp³-hybridized carbons (Fsp3) is 0.136. The number of carboxylic acids is 1. The van der Waals surface area contributed by atoms with Gasteiger partial charge in [0.15, 0.2) is 0 Å². The van der Waals surface area contributed by atoms with Gasteiger partial charge < -0.3 is 19.6 Å². The molecule has 0 saturated carbocycles. The number of aryl methyl sites for hydroxylation is 1. The second-order valence-corrected chi connectivity index (χ2v) is 7.64. The van der Waals surface area contributed by atoms with Crippen LogP contribution in [0.4, 0.5) is 5.82 Å². The minimum Gasteiger partial charge on any atom is -0.492 e. The van der Waals surface area contributed by atoms with Gasteiger partial charge in [-0.05, 0) is 48.7 Å². The standard InChI is InChI=1S/C22H18N2O5S/c1-13-9-17-18(28-7-6-16-3-2-8-30-16)10-15(11-19(17)29-13)21(25)24-20-5-4-14(12-23-20)22(26)27/h2-5,8-12H,6-7H2,1H3,(H,26,27)(H,23,24,25). The highest BCUT2D eigenvalue weighted by Crippen LogP contribution is 2.31. The molecule has 2 N–H and O–H groups in total. The number of nitrogens with one attached hydrogen (secondary N) is 1. The van der Waals surface area contributed by atoms with Crippen LogP contribution in [0.3, 0.4) is 0 Å². The van der Waals surface area contributed by atoms with Crippen LogP contribution in [-0.2, 0) is 6.42 Å². The summed E-state index contributed by atoms with van der Waals surface area (Å²) in [5.74, 6) is 0.0608. The van der Waals surface area contributed by atoms with Gasteiger partial charge in [0.2, 0.25) is 0 Å². The van der Waals surface area contributed by atoms with Crippen molar-refractivity contribution in [3.63, 3.8) is 0 Å². The summed E-state index contributed by atoms with van der Waals surface area (Å²) in [6.07, 6.45) is 1.96. The highest BCUT2D eigenvalue weighted by Gasteiger charge is 2.15. The van der Waals surface area contributed by atoms with Gasteiger partial charge in [-0.3, -0.25) is 4.79 Å². The largest absolute Gasteiger partial charge is 0.492 e. The number of carbonyl (C=O) groups is 2. The summed E-state index contributed by atoms with van der Waals surface area (Å²) >= 11 is 1.67. The summed E-state index contributed by atoms with van der Waals surface area (Å²) in [5, 5.41) is 14.4. The van der Waals surface area contributed by atoms with Gasteiger partial charge in [-0.2, -0.15) is 0 Å². The van der Waals surface area contributed by atoms with Gasteiger partial charge in [0.25, 0.3) is 5.91 Å². The number of fused-ring (bicyclic) bond motifs is 1. The van der Waals surface area contributed by atoms with Gasteiger partial charge in [0.05, 0.1) is 17.6 Å². The summed E-state index contributed by atoms with van der Waals surface area (Å²) < 4.78 is 11.7. The number of amides is 1. The number of rotatable bonds is 7. The molecule has 0 atom stereocenters. The summed E-state index contributed by atoms with van der Waals surface area (Å²) in [5.41, 5.74) is 0.953. The van der Waals surface area contributed by atoms with Crippen molar-refractivity contribution >= 4 is 40.0 Å². The van der Waals surface area contributed by atoms with Gasteiger partial charge in [-0.1, -0.05) is 6.07 Å². The zero-order valence-corrected chi connectivity index (χ0v) is 16.9. The molecule has 0 aliphatic rings. The van der Waals surface area contributed by atoms with Crippen LogP contribution in [0.15, 0.2) is 58.5 Å². The Morgan fingerprint density at radius 3 is 2.77 bits per heavy atom. The molecule has 0 fully saturated rings. The molecule has 0 radical (unpaired) electrons. The Kier molecular flexibility index (Phi) is 5.49. The molecule has 3 heterocycles. The number of benzene rings is 1. The van der Waals surface area contributed by atoms with Gasteiger partial charge >= 0.3 is 5.97 Å². The van der Waals surface area contributed by atoms with Crippen molar-refractivity contribution in [3.05, 3.63) is 75.8 Å². The highest BCUT2D eigenvalue weighted by atomic mass is 32.1. The van der Waals surface area contributed by atoms with E-state index in [4.69, 9.17) is 14.3 Å². The van der Waals surface area contributed by atoms with E-state index < -0.39 is 11.9 Å². The zero-order valence-electron chi connectivity index (χ0n) is 16.0. The zero-order chi connectivity index (χ0) is 21.1. The predicted octanol–water partition coefficient (Wildman–Crippen LogP) is 4.77. The number of aromatic nitrogens is 1. The van der Waals surface area contributed by atoms with Crippen molar-refractivity contribution in [2.24, 2.45) is 0 Å². The van der Waals surface area contributed by atoms with Crippen molar-refractivity contribution in [2.45, 2.75) is 13.3 Å².